The van der Waals surface area contributed by atoms with Crippen molar-refractivity contribution in [2.75, 3.05) is 0 Å². The van der Waals surface area contributed by atoms with Crippen LogP contribution in [0.2, 0.25) is 0 Å². The highest BCUT2D eigenvalue weighted by Crippen LogP contribution is 2.29. The fourth-order valence-electron chi connectivity index (χ4n) is 4.56. The van der Waals surface area contributed by atoms with Gasteiger partial charge < -0.3 is 15.0 Å². The number of carboxylic acids is 1. The summed E-state index contributed by atoms with van der Waals surface area (Å²) >= 11 is 0. The lowest BCUT2D eigenvalue weighted by atomic mass is 9.81. The Morgan fingerprint density at radius 2 is 1.71 bits per heavy atom. The van der Waals surface area contributed by atoms with Gasteiger partial charge in [0.15, 0.2) is 0 Å². The third-order valence-electron chi connectivity index (χ3n) is 6.61. The second-order valence-corrected chi connectivity index (χ2v) is 9.17. The highest BCUT2D eigenvalue weighted by atomic mass is 16.4. The number of carbonyl (C=O) groups excluding carboxylic acids is 2. The Kier molecular flexibility index (Phi) is 7.30. The molecule has 0 aliphatic heterocycles. The summed E-state index contributed by atoms with van der Waals surface area (Å²) in [7, 11) is 0. The van der Waals surface area contributed by atoms with E-state index in [-0.39, 0.29) is 11.7 Å². The van der Waals surface area contributed by atoms with Crippen molar-refractivity contribution in [3.8, 4) is 0 Å². The summed E-state index contributed by atoms with van der Waals surface area (Å²) in [5, 5.41) is 12.5. The monoisotopic (exact) mass is 470 g/mol. The van der Waals surface area contributed by atoms with E-state index < -0.39 is 11.5 Å². The number of hydrogen-bond acceptors (Lipinski definition) is 3. The lowest BCUT2D eigenvalue weighted by molar-refractivity contribution is -0.145. The highest BCUT2D eigenvalue weighted by molar-refractivity contribution is 6.08. The van der Waals surface area contributed by atoms with Crippen LogP contribution in [-0.2, 0) is 11.3 Å². The number of nitrogens with one attached hydrogen (secondary N) is 1. The summed E-state index contributed by atoms with van der Waals surface area (Å²) in [6.07, 6.45) is 9.18. The van der Waals surface area contributed by atoms with E-state index in [0.29, 0.717) is 36.2 Å². The molecule has 0 atom stereocenters. The number of amides is 1. The van der Waals surface area contributed by atoms with E-state index in [0.717, 1.165) is 30.4 Å². The van der Waals surface area contributed by atoms with Crippen LogP contribution in [0.5, 0.6) is 0 Å². The summed E-state index contributed by atoms with van der Waals surface area (Å²) in [6, 6.07) is 18.3. The molecule has 0 unspecified atom stereocenters. The summed E-state index contributed by atoms with van der Waals surface area (Å²) in [5.74, 6) is -1.37. The molecule has 2 aromatic carbocycles. The highest BCUT2D eigenvalue weighted by Gasteiger charge is 2.41. The average molecular weight is 471 g/mol. The Balaban J connectivity index is 1.44. The summed E-state index contributed by atoms with van der Waals surface area (Å²) < 4.78 is 1.88. The third kappa shape index (κ3) is 5.60. The number of aryl methyl sites for hydroxylation is 1. The Bertz CT molecular complexity index is 1250. The van der Waals surface area contributed by atoms with Gasteiger partial charge >= 0.3 is 5.97 Å². The minimum Gasteiger partial charge on any atom is -0.480 e. The second kappa shape index (κ2) is 10.6. The number of aromatic nitrogens is 1. The van der Waals surface area contributed by atoms with Gasteiger partial charge in [0, 0.05) is 23.9 Å². The zero-order valence-corrected chi connectivity index (χ0v) is 19.9. The van der Waals surface area contributed by atoms with Crippen molar-refractivity contribution < 1.29 is 19.5 Å². The van der Waals surface area contributed by atoms with Gasteiger partial charge in [0.1, 0.15) is 5.54 Å². The zero-order valence-electron chi connectivity index (χ0n) is 19.9. The van der Waals surface area contributed by atoms with Crippen LogP contribution in [0.3, 0.4) is 0 Å². The van der Waals surface area contributed by atoms with E-state index >= 15 is 0 Å². The van der Waals surface area contributed by atoms with Gasteiger partial charge in [-0.2, -0.15) is 0 Å². The first-order chi connectivity index (χ1) is 16.9. The van der Waals surface area contributed by atoms with Gasteiger partial charge in [-0.25, -0.2) is 4.79 Å². The van der Waals surface area contributed by atoms with E-state index in [2.05, 4.69) is 5.32 Å². The summed E-state index contributed by atoms with van der Waals surface area (Å²) in [4.78, 5) is 37.7. The normalized spacial score (nSPS) is 15.1. The zero-order chi connectivity index (χ0) is 24.8. The van der Waals surface area contributed by atoms with Gasteiger partial charge in [-0.05, 0) is 49.6 Å². The quantitative estimate of drug-likeness (QED) is 0.440. The topological polar surface area (TPSA) is 88.4 Å². The van der Waals surface area contributed by atoms with Gasteiger partial charge in [-0.3, -0.25) is 9.59 Å². The number of benzene rings is 2. The van der Waals surface area contributed by atoms with Crippen LogP contribution in [0, 0.1) is 6.92 Å². The first-order valence-electron chi connectivity index (χ1n) is 12.0. The van der Waals surface area contributed by atoms with E-state index in [1.54, 1.807) is 18.2 Å². The van der Waals surface area contributed by atoms with Crippen LogP contribution >= 0.6 is 0 Å². The number of hydrogen-bond donors (Lipinski definition) is 2. The SMILES string of the molecule is Cc1ccc(C(=O)c2cccn2C/C=C/c2cccc(C(=O)NC3(C(=O)O)CCCCC3)c2)cc1. The summed E-state index contributed by atoms with van der Waals surface area (Å²) in [6.45, 7) is 2.49. The Morgan fingerprint density at radius 1 is 0.971 bits per heavy atom. The molecule has 1 fully saturated rings. The molecule has 180 valence electrons. The van der Waals surface area contributed by atoms with E-state index in [4.69, 9.17) is 0 Å². The van der Waals surface area contributed by atoms with Gasteiger partial charge in [0.25, 0.3) is 5.91 Å². The molecule has 1 aliphatic rings. The molecule has 6 heteroatoms. The Labute approximate surface area is 205 Å². The number of ketones is 1. The summed E-state index contributed by atoms with van der Waals surface area (Å²) in [5.41, 5.74) is 2.43. The minimum absolute atomic E-state index is 0.0304. The van der Waals surface area contributed by atoms with Crippen LogP contribution in [0.1, 0.15) is 69.6 Å². The van der Waals surface area contributed by atoms with E-state index in [1.807, 2.05) is 72.3 Å². The maximum atomic E-state index is 12.9. The number of carboxylic acid groups (broad SMARTS) is 1. The van der Waals surface area contributed by atoms with Crippen molar-refractivity contribution in [2.24, 2.45) is 0 Å². The largest absolute Gasteiger partial charge is 0.480 e. The molecule has 0 saturated heterocycles. The smallest absolute Gasteiger partial charge is 0.329 e. The molecule has 1 amide bonds. The number of aliphatic carboxylic acids is 1. The first-order valence-corrected chi connectivity index (χ1v) is 12.0. The van der Waals surface area contributed by atoms with Crippen molar-refractivity contribution in [2.45, 2.75) is 51.1 Å². The predicted octanol–water partition coefficient (Wildman–Crippen LogP) is 5.26. The lowest BCUT2D eigenvalue weighted by Gasteiger charge is -2.34. The van der Waals surface area contributed by atoms with Gasteiger partial charge in [-0.1, -0.05) is 73.4 Å². The van der Waals surface area contributed by atoms with E-state index in [1.165, 1.54) is 0 Å². The number of carbonyl (C=O) groups is 3. The molecule has 1 heterocycles. The van der Waals surface area contributed by atoms with Gasteiger partial charge in [0.2, 0.25) is 5.78 Å². The van der Waals surface area contributed by atoms with Gasteiger partial charge in [0.05, 0.1) is 5.69 Å². The maximum Gasteiger partial charge on any atom is 0.329 e. The molecule has 1 saturated carbocycles. The molecule has 35 heavy (non-hydrogen) atoms. The van der Waals surface area contributed by atoms with E-state index in [9.17, 15) is 19.5 Å². The van der Waals surface area contributed by atoms with Gasteiger partial charge in [-0.15, -0.1) is 0 Å². The molecule has 0 bridgehead atoms. The average Bonchev–Trinajstić information content (AvgIpc) is 3.33. The fraction of sp³-hybridized carbons (Fsp3) is 0.276. The molecular formula is C29H30N2O4. The molecule has 0 radical (unpaired) electrons. The first kappa shape index (κ1) is 24.2. The Morgan fingerprint density at radius 3 is 2.43 bits per heavy atom. The van der Waals surface area contributed by atoms with Crippen molar-refractivity contribution in [1.29, 1.82) is 0 Å². The van der Waals surface area contributed by atoms with Crippen molar-refractivity contribution in [1.82, 2.24) is 9.88 Å². The van der Waals surface area contributed by atoms with Crippen LogP contribution in [0.4, 0.5) is 0 Å². The molecular weight excluding hydrogens is 440 g/mol. The van der Waals surface area contributed by atoms with Crippen molar-refractivity contribution in [3.63, 3.8) is 0 Å². The standard InChI is InChI=1S/C29H30N2O4/c1-21-12-14-23(15-13-21)26(32)25-11-7-19-31(25)18-6-9-22-8-5-10-24(20-22)27(33)30-29(28(34)35)16-3-2-4-17-29/h5-15,19-20H,2-4,16-18H2,1H3,(H,30,33)(H,34,35)/b9-6+. The third-order valence-corrected chi connectivity index (χ3v) is 6.61. The number of allylic oxidation sites excluding steroid dienone is 1. The number of rotatable bonds is 8. The lowest BCUT2D eigenvalue weighted by Crippen LogP contribution is -2.55. The molecule has 2 N–H and O–H groups in total. The molecule has 1 aromatic heterocycles. The predicted molar refractivity (Wildman–Crippen MR) is 135 cm³/mol. The fourth-order valence-corrected chi connectivity index (χ4v) is 4.56. The van der Waals surface area contributed by atoms with Crippen LogP contribution in [-0.4, -0.2) is 32.9 Å². The molecule has 1 aliphatic carbocycles. The molecule has 3 aromatic rings. The van der Waals surface area contributed by atoms with Crippen LogP contribution < -0.4 is 5.32 Å². The minimum atomic E-state index is -1.18. The second-order valence-electron chi connectivity index (χ2n) is 9.17. The van der Waals surface area contributed by atoms with Crippen LogP contribution in [0.25, 0.3) is 6.08 Å². The van der Waals surface area contributed by atoms with Crippen molar-refractivity contribution in [3.05, 3.63) is 101 Å². The Hall–Kier alpha value is -3.93. The molecule has 4 rings (SSSR count). The number of nitrogens with zero attached hydrogens (tertiary/aromatic N) is 1. The van der Waals surface area contributed by atoms with Crippen LogP contribution in [0.15, 0.2) is 72.9 Å². The molecule has 0 spiro atoms. The molecule has 6 nitrogen and oxygen atoms in total. The van der Waals surface area contributed by atoms with Crippen molar-refractivity contribution >= 4 is 23.7 Å². The maximum absolute atomic E-state index is 12.9.